The Morgan fingerprint density at radius 1 is 1.13 bits per heavy atom. The van der Waals surface area contributed by atoms with E-state index in [1.165, 1.54) is 4.90 Å². The largest absolute Gasteiger partial charge is 0.444 e. The number of imide groups is 1. The van der Waals surface area contributed by atoms with E-state index in [9.17, 15) is 14.4 Å². The Morgan fingerprint density at radius 2 is 1.70 bits per heavy atom. The fourth-order valence-corrected chi connectivity index (χ4v) is 4.13. The van der Waals surface area contributed by atoms with Crippen LogP contribution in [0.2, 0.25) is 0 Å². The minimum Gasteiger partial charge on any atom is -0.444 e. The maximum absolute atomic E-state index is 13.2. The number of nitrogens with zero attached hydrogens (tertiary/aromatic N) is 2. The summed E-state index contributed by atoms with van der Waals surface area (Å²) in [5, 5.41) is 0. The molecule has 0 unspecified atom stereocenters. The molecule has 2 saturated heterocycles. The van der Waals surface area contributed by atoms with Crippen LogP contribution in [0.1, 0.15) is 55.3 Å². The van der Waals surface area contributed by atoms with E-state index in [4.69, 9.17) is 14.2 Å². The van der Waals surface area contributed by atoms with Crippen molar-refractivity contribution in [3.8, 4) is 0 Å². The smallest absolute Gasteiger partial charge is 0.412 e. The zero-order chi connectivity index (χ0) is 22.0. The van der Waals surface area contributed by atoms with Crippen molar-refractivity contribution in [3.63, 3.8) is 0 Å². The van der Waals surface area contributed by atoms with Gasteiger partial charge < -0.3 is 14.2 Å². The van der Waals surface area contributed by atoms with Crippen molar-refractivity contribution >= 4 is 17.9 Å². The van der Waals surface area contributed by atoms with Crippen LogP contribution in [0, 0.1) is 0 Å². The van der Waals surface area contributed by atoms with E-state index < -0.39 is 47.7 Å². The number of ether oxygens (including phenoxy) is 3. The molecule has 0 aromatic heterocycles. The number of carbonyl (C=O) groups is 3. The van der Waals surface area contributed by atoms with Gasteiger partial charge in [0.2, 0.25) is 0 Å². The molecule has 3 aliphatic rings. The van der Waals surface area contributed by atoms with E-state index in [0.29, 0.717) is 16.7 Å². The number of benzene rings is 1. The zero-order valence-electron chi connectivity index (χ0n) is 17.8. The van der Waals surface area contributed by atoms with Crippen LogP contribution in [0.5, 0.6) is 0 Å². The van der Waals surface area contributed by atoms with Crippen LogP contribution in [-0.4, -0.2) is 64.0 Å². The van der Waals surface area contributed by atoms with Gasteiger partial charge in [0, 0.05) is 6.54 Å². The Balaban J connectivity index is 1.78. The molecule has 1 aromatic rings. The molecule has 3 aliphatic heterocycles. The molecule has 3 heterocycles. The molecule has 3 amide bonds. The highest BCUT2D eigenvalue weighted by Crippen LogP contribution is 2.41. The molecule has 3 atom stereocenters. The molecule has 0 bridgehead atoms. The summed E-state index contributed by atoms with van der Waals surface area (Å²) in [7, 11) is 0. The van der Waals surface area contributed by atoms with E-state index >= 15 is 0 Å². The van der Waals surface area contributed by atoms with Gasteiger partial charge in [0.15, 0.2) is 5.79 Å². The van der Waals surface area contributed by atoms with E-state index in [2.05, 4.69) is 6.58 Å². The second-order valence-electron chi connectivity index (χ2n) is 9.23. The predicted molar refractivity (Wildman–Crippen MR) is 107 cm³/mol. The molecule has 8 heteroatoms. The third kappa shape index (κ3) is 3.30. The average Bonchev–Trinajstić information content (AvgIpc) is 3.09. The summed E-state index contributed by atoms with van der Waals surface area (Å²) < 4.78 is 17.6. The number of hydrogen-bond acceptors (Lipinski definition) is 6. The molecule has 0 saturated carbocycles. The maximum atomic E-state index is 13.2. The van der Waals surface area contributed by atoms with Crippen LogP contribution in [0.15, 0.2) is 36.4 Å². The minimum atomic E-state index is -1.02. The molecule has 160 valence electrons. The van der Waals surface area contributed by atoms with Crippen LogP contribution in [0.3, 0.4) is 0 Å². The molecular formula is C22H26N2O6. The molecule has 30 heavy (non-hydrogen) atoms. The number of rotatable bonds is 1. The monoisotopic (exact) mass is 414 g/mol. The number of hydrogen-bond donors (Lipinski definition) is 0. The first-order valence-corrected chi connectivity index (χ1v) is 9.89. The van der Waals surface area contributed by atoms with Crippen LogP contribution >= 0.6 is 0 Å². The van der Waals surface area contributed by atoms with Gasteiger partial charge in [-0.05, 0) is 52.3 Å². The van der Waals surface area contributed by atoms with Gasteiger partial charge in [-0.3, -0.25) is 14.5 Å². The van der Waals surface area contributed by atoms with Gasteiger partial charge in [-0.1, -0.05) is 18.7 Å². The SMILES string of the molecule is C=C1CN(C(=O)OC(C)(C)C)[C@H](N2C(=O)c3ccccc3C2=O)[C@@H]2OC(C)(C)O[C@@H]12. The van der Waals surface area contributed by atoms with E-state index in [-0.39, 0.29) is 6.54 Å². The highest BCUT2D eigenvalue weighted by Gasteiger charge is 2.58. The third-order valence-corrected chi connectivity index (χ3v) is 5.24. The van der Waals surface area contributed by atoms with Crippen LogP contribution in [0.4, 0.5) is 4.79 Å². The van der Waals surface area contributed by atoms with Crippen molar-refractivity contribution < 1.29 is 28.6 Å². The lowest BCUT2D eigenvalue weighted by atomic mass is 9.96. The van der Waals surface area contributed by atoms with Crippen LogP contribution in [-0.2, 0) is 14.2 Å². The summed E-state index contributed by atoms with van der Waals surface area (Å²) >= 11 is 0. The minimum absolute atomic E-state index is 0.0770. The molecule has 4 rings (SSSR count). The fraction of sp³-hybridized carbons (Fsp3) is 0.500. The van der Waals surface area contributed by atoms with Crippen molar-refractivity contribution in [2.45, 2.75) is 64.4 Å². The first-order chi connectivity index (χ1) is 13.9. The lowest BCUT2D eigenvalue weighted by Gasteiger charge is -2.45. The van der Waals surface area contributed by atoms with Gasteiger partial charge in [-0.15, -0.1) is 0 Å². The zero-order valence-corrected chi connectivity index (χ0v) is 17.8. The number of carbonyl (C=O) groups excluding carboxylic acids is 3. The van der Waals surface area contributed by atoms with Gasteiger partial charge in [0.1, 0.15) is 24.0 Å². The molecule has 0 aliphatic carbocycles. The molecule has 0 N–H and O–H groups in total. The summed E-state index contributed by atoms with van der Waals surface area (Å²) in [5.41, 5.74) is 0.453. The summed E-state index contributed by atoms with van der Waals surface area (Å²) in [6.45, 7) is 12.9. The quantitative estimate of drug-likeness (QED) is 0.519. The average molecular weight is 414 g/mol. The van der Waals surface area contributed by atoms with Gasteiger partial charge in [-0.2, -0.15) is 0 Å². The maximum Gasteiger partial charge on any atom is 0.412 e. The summed E-state index contributed by atoms with van der Waals surface area (Å²) in [5.74, 6) is -1.92. The highest BCUT2D eigenvalue weighted by molar-refractivity contribution is 6.21. The van der Waals surface area contributed by atoms with Crippen molar-refractivity contribution in [1.82, 2.24) is 9.80 Å². The third-order valence-electron chi connectivity index (χ3n) is 5.24. The second-order valence-corrected chi connectivity index (χ2v) is 9.23. The van der Waals surface area contributed by atoms with Gasteiger partial charge in [0.25, 0.3) is 11.8 Å². The second kappa shape index (κ2) is 6.65. The Labute approximate surface area is 175 Å². The topological polar surface area (TPSA) is 85.4 Å². The lowest BCUT2D eigenvalue weighted by Crippen LogP contribution is -2.65. The molecule has 0 radical (unpaired) electrons. The highest BCUT2D eigenvalue weighted by atomic mass is 16.8. The van der Waals surface area contributed by atoms with Crippen molar-refractivity contribution in [3.05, 3.63) is 47.5 Å². The number of fused-ring (bicyclic) bond motifs is 2. The Kier molecular flexibility index (Phi) is 4.56. The Morgan fingerprint density at radius 3 is 2.23 bits per heavy atom. The number of piperidine rings is 1. The van der Waals surface area contributed by atoms with E-state index in [1.807, 2.05) is 0 Å². The number of amides is 3. The van der Waals surface area contributed by atoms with Gasteiger partial charge >= 0.3 is 6.09 Å². The normalized spacial score (nSPS) is 27.9. The molecule has 0 spiro atoms. The summed E-state index contributed by atoms with van der Waals surface area (Å²) in [6, 6.07) is 6.59. The van der Waals surface area contributed by atoms with Crippen molar-refractivity contribution in [2.24, 2.45) is 0 Å². The first-order valence-electron chi connectivity index (χ1n) is 9.89. The first kappa shape index (κ1) is 20.6. The molecular weight excluding hydrogens is 388 g/mol. The fourth-order valence-electron chi connectivity index (χ4n) is 4.13. The molecule has 2 fully saturated rings. The van der Waals surface area contributed by atoms with Gasteiger partial charge in [0.05, 0.1) is 11.1 Å². The Bertz CT molecular complexity index is 912. The van der Waals surface area contributed by atoms with E-state index in [0.717, 1.165) is 4.90 Å². The van der Waals surface area contributed by atoms with E-state index in [1.54, 1.807) is 58.9 Å². The molecule has 8 nitrogen and oxygen atoms in total. The lowest BCUT2D eigenvalue weighted by molar-refractivity contribution is -0.152. The van der Waals surface area contributed by atoms with Crippen LogP contribution < -0.4 is 0 Å². The van der Waals surface area contributed by atoms with Crippen molar-refractivity contribution in [1.29, 1.82) is 0 Å². The standard InChI is InChI=1S/C22H26N2O6/c1-12-11-23(20(27)30-21(2,3)4)17(16-15(12)28-22(5,6)29-16)24-18(25)13-9-7-8-10-14(13)19(24)26/h7-10,15-17H,1,11H2,2-6H3/t15-,16+,17+/m0/s1. The Hall–Kier alpha value is -2.71. The summed E-state index contributed by atoms with van der Waals surface area (Å²) in [6.07, 6.45) is -3.02. The van der Waals surface area contributed by atoms with Gasteiger partial charge in [-0.25, -0.2) is 9.69 Å². The molecule has 1 aromatic carbocycles. The number of likely N-dealkylation sites (tertiary alicyclic amines) is 1. The predicted octanol–water partition coefficient (Wildman–Crippen LogP) is 2.94. The van der Waals surface area contributed by atoms with Crippen LogP contribution in [0.25, 0.3) is 0 Å². The summed E-state index contributed by atoms with van der Waals surface area (Å²) in [4.78, 5) is 41.9. The van der Waals surface area contributed by atoms with Crippen molar-refractivity contribution in [2.75, 3.05) is 6.54 Å².